The van der Waals surface area contributed by atoms with E-state index >= 15 is 0 Å². The first-order valence-electron chi connectivity index (χ1n) is 5.03. The highest BCUT2D eigenvalue weighted by Gasteiger charge is 2.09. The largest absolute Gasteiger partial charge is 0.471 e. The van der Waals surface area contributed by atoms with E-state index in [-0.39, 0.29) is 10.5 Å². The van der Waals surface area contributed by atoms with Gasteiger partial charge in [0.05, 0.1) is 0 Å². The minimum atomic E-state index is -0.668. The molecule has 0 aliphatic carbocycles. The fourth-order valence-corrected chi connectivity index (χ4v) is 1.67. The monoisotopic (exact) mass is 296 g/mol. The highest BCUT2D eigenvalue weighted by molar-refractivity contribution is 9.10. The van der Waals surface area contributed by atoms with Crippen LogP contribution in [0.15, 0.2) is 34.9 Å². The summed E-state index contributed by atoms with van der Waals surface area (Å²) in [5, 5.41) is 0. The fraction of sp³-hybridized carbons (Fsp3) is 0.167. The standard InChI is InChI=1S/C12H10BrFN2O/c1-8-12(16-11(14)10(13)15-8)17-7-9-5-3-2-4-6-9/h2-6H,7H2,1H3. The lowest BCUT2D eigenvalue weighted by atomic mass is 10.2. The molecular weight excluding hydrogens is 287 g/mol. The predicted molar refractivity (Wildman–Crippen MR) is 65.2 cm³/mol. The van der Waals surface area contributed by atoms with Gasteiger partial charge in [-0.15, -0.1) is 0 Å². The van der Waals surface area contributed by atoms with Crippen molar-refractivity contribution in [1.29, 1.82) is 0 Å². The lowest BCUT2D eigenvalue weighted by Crippen LogP contribution is -2.03. The van der Waals surface area contributed by atoms with Gasteiger partial charge in [0.1, 0.15) is 12.3 Å². The first-order valence-corrected chi connectivity index (χ1v) is 5.82. The quantitative estimate of drug-likeness (QED) is 0.872. The van der Waals surface area contributed by atoms with Gasteiger partial charge in [0.25, 0.3) is 0 Å². The van der Waals surface area contributed by atoms with Crippen molar-refractivity contribution in [3.05, 3.63) is 52.1 Å². The summed E-state index contributed by atoms with van der Waals surface area (Å²) in [5.41, 5.74) is 1.55. The average molecular weight is 297 g/mol. The molecule has 2 rings (SSSR count). The number of nitrogens with zero attached hydrogens (tertiary/aromatic N) is 2. The Morgan fingerprint density at radius 1 is 1.24 bits per heavy atom. The van der Waals surface area contributed by atoms with Crippen molar-refractivity contribution in [2.45, 2.75) is 13.5 Å². The summed E-state index contributed by atoms with van der Waals surface area (Å²) in [5.74, 6) is -0.451. The van der Waals surface area contributed by atoms with E-state index in [1.165, 1.54) is 0 Å². The van der Waals surface area contributed by atoms with E-state index in [1.807, 2.05) is 30.3 Å². The van der Waals surface area contributed by atoms with Gasteiger partial charge >= 0.3 is 0 Å². The molecule has 1 aromatic carbocycles. The molecule has 0 unspecified atom stereocenters. The first kappa shape index (κ1) is 12.0. The third-order valence-electron chi connectivity index (χ3n) is 2.16. The van der Waals surface area contributed by atoms with Crippen molar-refractivity contribution in [1.82, 2.24) is 9.97 Å². The molecule has 17 heavy (non-hydrogen) atoms. The van der Waals surface area contributed by atoms with Crippen LogP contribution in [-0.2, 0) is 6.61 Å². The molecule has 5 heteroatoms. The maximum atomic E-state index is 13.2. The Kier molecular flexibility index (Phi) is 3.68. The van der Waals surface area contributed by atoms with Crippen molar-refractivity contribution < 1.29 is 9.13 Å². The number of hydrogen-bond acceptors (Lipinski definition) is 3. The van der Waals surface area contributed by atoms with Crippen LogP contribution in [-0.4, -0.2) is 9.97 Å². The van der Waals surface area contributed by atoms with Gasteiger partial charge in [-0.1, -0.05) is 30.3 Å². The summed E-state index contributed by atoms with van der Waals surface area (Å²) in [6, 6.07) is 9.61. The summed E-state index contributed by atoms with van der Waals surface area (Å²) in [6.07, 6.45) is 0. The smallest absolute Gasteiger partial charge is 0.249 e. The van der Waals surface area contributed by atoms with Crippen LogP contribution in [0.2, 0.25) is 0 Å². The van der Waals surface area contributed by atoms with E-state index in [0.717, 1.165) is 5.56 Å². The molecule has 0 aliphatic rings. The van der Waals surface area contributed by atoms with Crippen LogP contribution in [0.5, 0.6) is 5.88 Å². The van der Waals surface area contributed by atoms with Crippen LogP contribution < -0.4 is 4.74 Å². The van der Waals surface area contributed by atoms with Gasteiger partial charge in [-0.3, -0.25) is 0 Å². The number of aryl methyl sites for hydroxylation is 1. The number of aromatic nitrogens is 2. The Hall–Kier alpha value is -1.49. The summed E-state index contributed by atoms with van der Waals surface area (Å²) < 4.78 is 18.7. The number of halogens is 2. The van der Waals surface area contributed by atoms with Crippen LogP contribution in [0.4, 0.5) is 4.39 Å². The predicted octanol–water partition coefficient (Wildman–Crippen LogP) is 3.27. The van der Waals surface area contributed by atoms with E-state index in [0.29, 0.717) is 12.3 Å². The second kappa shape index (κ2) is 5.23. The Balaban J connectivity index is 2.12. The zero-order valence-corrected chi connectivity index (χ0v) is 10.7. The molecule has 3 nitrogen and oxygen atoms in total. The van der Waals surface area contributed by atoms with Gasteiger partial charge in [0.2, 0.25) is 11.8 Å². The molecule has 0 amide bonds. The summed E-state index contributed by atoms with van der Waals surface area (Å²) in [4.78, 5) is 7.63. The SMILES string of the molecule is Cc1nc(Br)c(F)nc1OCc1ccccc1. The molecule has 88 valence electrons. The molecule has 0 saturated heterocycles. The number of rotatable bonds is 3. The van der Waals surface area contributed by atoms with Crippen LogP contribution in [0.3, 0.4) is 0 Å². The second-order valence-corrected chi connectivity index (χ2v) is 4.22. The summed E-state index contributed by atoms with van der Waals surface area (Å²) in [6.45, 7) is 2.06. The fourth-order valence-electron chi connectivity index (χ4n) is 1.32. The summed E-state index contributed by atoms with van der Waals surface area (Å²) >= 11 is 2.97. The van der Waals surface area contributed by atoms with Gasteiger partial charge < -0.3 is 4.74 Å². The first-order chi connectivity index (χ1) is 8.16. The highest BCUT2D eigenvalue weighted by Crippen LogP contribution is 2.19. The molecule has 0 fully saturated rings. The molecule has 1 heterocycles. The number of benzene rings is 1. The molecule has 0 spiro atoms. The van der Waals surface area contributed by atoms with Crippen LogP contribution in [0.1, 0.15) is 11.3 Å². The van der Waals surface area contributed by atoms with E-state index in [1.54, 1.807) is 6.92 Å². The van der Waals surface area contributed by atoms with Crippen molar-refractivity contribution >= 4 is 15.9 Å². The molecular formula is C12H10BrFN2O. The van der Waals surface area contributed by atoms with Crippen molar-refractivity contribution in [2.75, 3.05) is 0 Å². The van der Waals surface area contributed by atoms with E-state index in [2.05, 4.69) is 25.9 Å². The third-order valence-corrected chi connectivity index (χ3v) is 2.67. The molecule has 0 aliphatic heterocycles. The zero-order chi connectivity index (χ0) is 12.3. The minimum Gasteiger partial charge on any atom is -0.471 e. The van der Waals surface area contributed by atoms with Gasteiger partial charge in [0.15, 0.2) is 4.60 Å². The van der Waals surface area contributed by atoms with Crippen molar-refractivity contribution in [3.63, 3.8) is 0 Å². The molecule has 0 radical (unpaired) electrons. The van der Waals surface area contributed by atoms with E-state index in [9.17, 15) is 4.39 Å². The van der Waals surface area contributed by atoms with Crippen LogP contribution in [0, 0.1) is 12.9 Å². The molecule has 1 aromatic heterocycles. The Bertz CT molecular complexity index is 519. The molecule has 0 atom stereocenters. The Labute approximate surface area is 107 Å². The highest BCUT2D eigenvalue weighted by atomic mass is 79.9. The topological polar surface area (TPSA) is 35.0 Å². The summed E-state index contributed by atoms with van der Waals surface area (Å²) in [7, 11) is 0. The van der Waals surface area contributed by atoms with E-state index in [4.69, 9.17) is 4.74 Å². The van der Waals surface area contributed by atoms with Crippen LogP contribution in [0.25, 0.3) is 0 Å². The van der Waals surface area contributed by atoms with Crippen molar-refractivity contribution in [3.8, 4) is 5.88 Å². The van der Waals surface area contributed by atoms with Crippen LogP contribution >= 0.6 is 15.9 Å². The molecule has 0 saturated carbocycles. The maximum absolute atomic E-state index is 13.2. The zero-order valence-electron chi connectivity index (χ0n) is 9.15. The molecule has 0 N–H and O–H groups in total. The van der Waals surface area contributed by atoms with Gasteiger partial charge in [-0.2, -0.15) is 9.37 Å². The minimum absolute atomic E-state index is 0.0991. The van der Waals surface area contributed by atoms with E-state index < -0.39 is 5.95 Å². The number of hydrogen-bond donors (Lipinski definition) is 0. The Morgan fingerprint density at radius 3 is 2.65 bits per heavy atom. The third kappa shape index (κ3) is 3.00. The maximum Gasteiger partial charge on any atom is 0.249 e. The normalized spacial score (nSPS) is 10.3. The van der Waals surface area contributed by atoms with Gasteiger partial charge in [-0.05, 0) is 28.4 Å². The van der Waals surface area contributed by atoms with Crippen molar-refractivity contribution in [2.24, 2.45) is 0 Å². The average Bonchev–Trinajstić information content (AvgIpc) is 2.33. The molecule has 2 aromatic rings. The molecule has 0 bridgehead atoms. The lowest BCUT2D eigenvalue weighted by Gasteiger charge is -2.07. The lowest BCUT2D eigenvalue weighted by molar-refractivity contribution is 0.284. The Morgan fingerprint density at radius 2 is 1.94 bits per heavy atom. The van der Waals surface area contributed by atoms with Gasteiger partial charge in [-0.25, -0.2) is 4.98 Å². The van der Waals surface area contributed by atoms with Gasteiger partial charge in [0, 0.05) is 0 Å². The number of ether oxygens (including phenoxy) is 1. The second-order valence-electron chi connectivity index (χ2n) is 3.47.